The van der Waals surface area contributed by atoms with Gasteiger partial charge < -0.3 is 14.9 Å². The lowest BCUT2D eigenvalue weighted by Gasteiger charge is -2.20. The first-order chi connectivity index (χ1) is 10.6. The summed E-state index contributed by atoms with van der Waals surface area (Å²) in [5.41, 5.74) is 1.13. The molecule has 0 aliphatic heterocycles. The summed E-state index contributed by atoms with van der Waals surface area (Å²) in [6.45, 7) is -0.480. The Balaban J connectivity index is 2.09. The fourth-order valence-corrected chi connectivity index (χ4v) is 1.83. The number of nitrogens with zero attached hydrogens (tertiary/aromatic N) is 1. The van der Waals surface area contributed by atoms with Gasteiger partial charge in [0.2, 0.25) is 0 Å². The molecule has 0 atom stereocenters. The van der Waals surface area contributed by atoms with Crippen LogP contribution in [0.1, 0.15) is 5.56 Å². The number of phenols is 1. The standard InChI is InChI=1S/C16H15NO5/c18-14-8-6-13(7-9-14)17(10-15(19)20)16(21)22-11-12-4-2-1-3-5-12/h1-9,18H,10-11H2,(H,19,20). The zero-order valence-electron chi connectivity index (χ0n) is 11.7. The first-order valence-electron chi connectivity index (χ1n) is 6.55. The maximum atomic E-state index is 12.1. The smallest absolute Gasteiger partial charge is 0.415 e. The van der Waals surface area contributed by atoms with E-state index in [1.165, 1.54) is 24.3 Å². The zero-order chi connectivity index (χ0) is 15.9. The number of carbonyl (C=O) groups excluding carboxylic acids is 1. The largest absolute Gasteiger partial charge is 0.508 e. The molecule has 0 saturated carbocycles. The normalized spacial score (nSPS) is 10.0. The van der Waals surface area contributed by atoms with Crippen LogP contribution in [-0.2, 0) is 16.1 Å². The Morgan fingerprint density at radius 1 is 1.00 bits per heavy atom. The molecule has 1 amide bonds. The van der Waals surface area contributed by atoms with Gasteiger partial charge in [0, 0.05) is 5.69 Å². The molecule has 0 saturated heterocycles. The molecular weight excluding hydrogens is 286 g/mol. The summed E-state index contributed by atoms with van der Waals surface area (Å²) in [4.78, 5) is 24.0. The van der Waals surface area contributed by atoms with Gasteiger partial charge >= 0.3 is 12.1 Å². The molecule has 0 fully saturated rings. The number of amides is 1. The van der Waals surface area contributed by atoms with E-state index in [0.29, 0.717) is 5.69 Å². The molecule has 2 aromatic carbocycles. The summed E-state index contributed by atoms with van der Waals surface area (Å²) >= 11 is 0. The van der Waals surface area contributed by atoms with Gasteiger partial charge in [-0.3, -0.25) is 9.69 Å². The Kier molecular flexibility index (Phi) is 4.98. The van der Waals surface area contributed by atoms with Crippen LogP contribution in [0.15, 0.2) is 54.6 Å². The van der Waals surface area contributed by atoms with Gasteiger partial charge in [-0.25, -0.2) is 4.79 Å². The molecule has 114 valence electrons. The number of phenolic OH excluding ortho intramolecular Hbond substituents is 1. The highest BCUT2D eigenvalue weighted by atomic mass is 16.6. The van der Waals surface area contributed by atoms with Crippen LogP contribution in [0.25, 0.3) is 0 Å². The van der Waals surface area contributed by atoms with Gasteiger partial charge in [-0.05, 0) is 29.8 Å². The molecule has 0 aliphatic rings. The average molecular weight is 301 g/mol. The number of benzene rings is 2. The number of carbonyl (C=O) groups is 2. The Morgan fingerprint density at radius 2 is 1.64 bits per heavy atom. The number of carboxylic acid groups (broad SMARTS) is 1. The topological polar surface area (TPSA) is 87.1 Å². The van der Waals surface area contributed by atoms with E-state index in [4.69, 9.17) is 9.84 Å². The van der Waals surface area contributed by atoms with Crippen molar-refractivity contribution in [2.75, 3.05) is 11.4 Å². The van der Waals surface area contributed by atoms with Crippen LogP contribution in [0.2, 0.25) is 0 Å². The van der Waals surface area contributed by atoms with E-state index in [0.717, 1.165) is 10.5 Å². The molecule has 6 heteroatoms. The minimum atomic E-state index is -1.16. The fraction of sp³-hybridized carbons (Fsp3) is 0.125. The maximum absolute atomic E-state index is 12.1. The molecule has 0 aliphatic carbocycles. The SMILES string of the molecule is O=C(O)CN(C(=O)OCc1ccccc1)c1ccc(O)cc1. The predicted molar refractivity (Wildman–Crippen MR) is 79.7 cm³/mol. The quantitative estimate of drug-likeness (QED) is 0.886. The lowest BCUT2D eigenvalue weighted by atomic mass is 10.2. The van der Waals surface area contributed by atoms with Crippen molar-refractivity contribution in [1.82, 2.24) is 0 Å². The zero-order valence-corrected chi connectivity index (χ0v) is 11.7. The van der Waals surface area contributed by atoms with Gasteiger partial charge in [-0.1, -0.05) is 30.3 Å². The molecule has 22 heavy (non-hydrogen) atoms. The number of carboxylic acids is 1. The van der Waals surface area contributed by atoms with Crippen molar-refractivity contribution in [2.24, 2.45) is 0 Å². The van der Waals surface area contributed by atoms with Gasteiger partial charge in [0.25, 0.3) is 0 Å². The fourth-order valence-electron chi connectivity index (χ4n) is 1.83. The number of rotatable bonds is 5. The lowest BCUT2D eigenvalue weighted by Crippen LogP contribution is -2.36. The second-order valence-corrected chi connectivity index (χ2v) is 4.54. The Hall–Kier alpha value is -3.02. The van der Waals surface area contributed by atoms with Crippen molar-refractivity contribution in [2.45, 2.75) is 6.61 Å². The number of hydrogen-bond acceptors (Lipinski definition) is 4. The number of ether oxygens (including phenoxy) is 1. The van der Waals surface area contributed by atoms with Gasteiger partial charge in [0.15, 0.2) is 0 Å². The summed E-state index contributed by atoms with van der Waals surface area (Å²) < 4.78 is 5.14. The van der Waals surface area contributed by atoms with E-state index in [-0.39, 0.29) is 12.4 Å². The predicted octanol–water partition coefficient (Wildman–Crippen LogP) is 2.62. The Bertz CT molecular complexity index is 639. The van der Waals surface area contributed by atoms with Gasteiger partial charge in [0.1, 0.15) is 18.9 Å². The van der Waals surface area contributed by atoms with Crippen LogP contribution in [0.5, 0.6) is 5.75 Å². The molecule has 0 bridgehead atoms. The van der Waals surface area contributed by atoms with Crippen LogP contribution in [0.4, 0.5) is 10.5 Å². The van der Waals surface area contributed by atoms with Crippen molar-refractivity contribution in [1.29, 1.82) is 0 Å². The minimum absolute atomic E-state index is 0.0247. The van der Waals surface area contributed by atoms with Crippen molar-refractivity contribution in [3.8, 4) is 5.75 Å². The molecule has 0 heterocycles. The molecule has 0 radical (unpaired) electrons. The van der Waals surface area contributed by atoms with Gasteiger partial charge in [-0.15, -0.1) is 0 Å². The van der Waals surface area contributed by atoms with Crippen LogP contribution in [0.3, 0.4) is 0 Å². The number of aromatic hydroxyl groups is 1. The number of anilines is 1. The van der Waals surface area contributed by atoms with Gasteiger partial charge in [-0.2, -0.15) is 0 Å². The molecule has 2 N–H and O–H groups in total. The molecule has 2 aromatic rings. The monoisotopic (exact) mass is 301 g/mol. The van der Waals surface area contributed by atoms with E-state index in [9.17, 15) is 14.7 Å². The van der Waals surface area contributed by atoms with E-state index >= 15 is 0 Å². The van der Waals surface area contributed by atoms with Crippen LogP contribution in [-0.4, -0.2) is 28.8 Å². The minimum Gasteiger partial charge on any atom is -0.508 e. The van der Waals surface area contributed by atoms with Crippen LogP contribution < -0.4 is 4.90 Å². The summed E-state index contributed by atoms with van der Waals surface area (Å²) in [7, 11) is 0. The van der Waals surface area contributed by atoms with Crippen molar-refractivity contribution in [3.63, 3.8) is 0 Å². The van der Waals surface area contributed by atoms with Crippen molar-refractivity contribution < 1.29 is 24.5 Å². The Morgan fingerprint density at radius 3 is 2.23 bits per heavy atom. The lowest BCUT2D eigenvalue weighted by molar-refractivity contribution is -0.135. The van der Waals surface area contributed by atoms with Crippen LogP contribution in [0, 0.1) is 0 Å². The van der Waals surface area contributed by atoms with E-state index < -0.39 is 18.6 Å². The summed E-state index contributed by atoms with van der Waals surface area (Å²) in [5, 5.41) is 18.2. The average Bonchev–Trinajstić information content (AvgIpc) is 2.52. The summed E-state index contributed by atoms with van der Waals surface area (Å²) in [6, 6.07) is 14.7. The molecule has 2 rings (SSSR count). The summed E-state index contributed by atoms with van der Waals surface area (Å²) in [6.07, 6.45) is -0.767. The van der Waals surface area contributed by atoms with Crippen molar-refractivity contribution in [3.05, 3.63) is 60.2 Å². The third-order valence-corrected chi connectivity index (χ3v) is 2.88. The van der Waals surface area contributed by atoms with Gasteiger partial charge in [0.05, 0.1) is 0 Å². The molecule has 0 unspecified atom stereocenters. The number of hydrogen-bond donors (Lipinski definition) is 2. The van der Waals surface area contributed by atoms with E-state index in [2.05, 4.69) is 0 Å². The second kappa shape index (κ2) is 7.12. The number of aliphatic carboxylic acids is 1. The highest BCUT2D eigenvalue weighted by Gasteiger charge is 2.20. The molecule has 6 nitrogen and oxygen atoms in total. The van der Waals surface area contributed by atoms with E-state index in [1.54, 1.807) is 12.1 Å². The first kappa shape index (κ1) is 15.4. The van der Waals surface area contributed by atoms with E-state index in [1.807, 2.05) is 18.2 Å². The molecule has 0 aromatic heterocycles. The maximum Gasteiger partial charge on any atom is 0.415 e. The Labute approximate surface area is 127 Å². The third-order valence-electron chi connectivity index (χ3n) is 2.88. The highest BCUT2D eigenvalue weighted by Crippen LogP contribution is 2.19. The molecular formula is C16H15NO5. The molecule has 0 spiro atoms. The van der Waals surface area contributed by atoms with Crippen LogP contribution >= 0.6 is 0 Å². The first-order valence-corrected chi connectivity index (χ1v) is 6.55. The summed E-state index contributed by atoms with van der Waals surface area (Å²) in [5.74, 6) is -1.14. The third kappa shape index (κ3) is 4.24. The second-order valence-electron chi connectivity index (χ2n) is 4.54. The highest BCUT2D eigenvalue weighted by molar-refractivity contribution is 5.93. The van der Waals surface area contributed by atoms with Crippen molar-refractivity contribution >= 4 is 17.7 Å².